The van der Waals surface area contributed by atoms with Crippen LogP contribution in [0, 0.1) is 5.41 Å². The molecule has 1 aromatic carbocycles. The van der Waals surface area contributed by atoms with E-state index in [1.54, 1.807) is 0 Å². The van der Waals surface area contributed by atoms with Gasteiger partial charge in [-0.15, -0.1) is 0 Å². The smallest absolute Gasteiger partial charge is 0.227 e. The number of nitrogens with one attached hydrogen (secondary N) is 1. The Morgan fingerprint density at radius 2 is 2.00 bits per heavy atom. The van der Waals surface area contributed by atoms with Crippen LogP contribution in [0.25, 0.3) is 0 Å². The number of carbonyl (C=O) groups is 2. The maximum absolute atomic E-state index is 12.5. The van der Waals surface area contributed by atoms with E-state index in [-0.39, 0.29) is 11.8 Å². The van der Waals surface area contributed by atoms with Gasteiger partial charge < -0.3 is 16.0 Å². The number of carbonyl (C=O) groups excluding carboxylic acids is 2. The van der Waals surface area contributed by atoms with Crippen molar-refractivity contribution in [3.8, 4) is 0 Å². The third-order valence-electron chi connectivity index (χ3n) is 5.22. The summed E-state index contributed by atoms with van der Waals surface area (Å²) in [5, 5.41) is 3.02. The first-order valence-electron chi connectivity index (χ1n) is 8.88. The quantitative estimate of drug-likeness (QED) is 0.767. The van der Waals surface area contributed by atoms with Crippen molar-refractivity contribution in [3.05, 3.63) is 35.4 Å². The molecule has 24 heavy (non-hydrogen) atoms. The highest BCUT2D eigenvalue weighted by molar-refractivity contribution is 5.82. The van der Waals surface area contributed by atoms with E-state index in [4.69, 9.17) is 5.73 Å². The van der Waals surface area contributed by atoms with E-state index in [0.717, 1.165) is 36.9 Å². The summed E-state index contributed by atoms with van der Waals surface area (Å²) in [5.74, 6) is 0.252. The molecule has 1 fully saturated rings. The molecule has 1 aliphatic rings. The SMILES string of the molecule is CCC(CC)(CN)C(=O)NCc1cccc(CN2CCCC2=O)c1. The molecular formula is C19H29N3O2. The van der Waals surface area contributed by atoms with Crippen LogP contribution in [0.1, 0.15) is 50.7 Å². The summed E-state index contributed by atoms with van der Waals surface area (Å²) in [5.41, 5.74) is 7.51. The van der Waals surface area contributed by atoms with E-state index >= 15 is 0 Å². The van der Waals surface area contributed by atoms with Crippen molar-refractivity contribution in [2.45, 2.75) is 52.6 Å². The van der Waals surface area contributed by atoms with Gasteiger partial charge in [-0.25, -0.2) is 0 Å². The lowest BCUT2D eigenvalue weighted by molar-refractivity contribution is -0.131. The van der Waals surface area contributed by atoms with Crippen LogP contribution in [-0.2, 0) is 22.7 Å². The maximum atomic E-state index is 12.5. The van der Waals surface area contributed by atoms with Gasteiger partial charge in [-0.2, -0.15) is 0 Å². The van der Waals surface area contributed by atoms with Crippen LogP contribution in [0.15, 0.2) is 24.3 Å². The lowest BCUT2D eigenvalue weighted by Crippen LogP contribution is -2.45. The summed E-state index contributed by atoms with van der Waals surface area (Å²) in [7, 11) is 0. The monoisotopic (exact) mass is 331 g/mol. The highest BCUT2D eigenvalue weighted by Crippen LogP contribution is 2.25. The van der Waals surface area contributed by atoms with Crippen LogP contribution in [0.2, 0.25) is 0 Å². The third-order valence-corrected chi connectivity index (χ3v) is 5.22. The molecule has 1 saturated heterocycles. The molecule has 0 spiro atoms. The molecule has 1 aromatic rings. The van der Waals surface area contributed by atoms with Gasteiger partial charge in [0.1, 0.15) is 0 Å². The van der Waals surface area contributed by atoms with Gasteiger partial charge in [0.25, 0.3) is 0 Å². The summed E-state index contributed by atoms with van der Waals surface area (Å²) in [6, 6.07) is 8.07. The molecule has 0 atom stereocenters. The number of amides is 2. The van der Waals surface area contributed by atoms with Crippen molar-refractivity contribution in [2.24, 2.45) is 11.1 Å². The largest absolute Gasteiger partial charge is 0.352 e. The molecule has 0 aliphatic carbocycles. The van der Waals surface area contributed by atoms with Crippen molar-refractivity contribution in [1.29, 1.82) is 0 Å². The molecule has 0 unspecified atom stereocenters. The second-order valence-corrected chi connectivity index (χ2v) is 6.61. The highest BCUT2D eigenvalue weighted by atomic mass is 16.2. The Morgan fingerprint density at radius 3 is 2.58 bits per heavy atom. The van der Waals surface area contributed by atoms with Gasteiger partial charge in [0.15, 0.2) is 0 Å². The van der Waals surface area contributed by atoms with Crippen LogP contribution >= 0.6 is 0 Å². The van der Waals surface area contributed by atoms with Crippen LogP contribution < -0.4 is 11.1 Å². The number of hydrogen-bond acceptors (Lipinski definition) is 3. The fraction of sp³-hybridized carbons (Fsp3) is 0.579. The molecule has 2 rings (SSSR count). The first-order valence-corrected chi connectivity index (χ1v) is 8.88. The highest BCUT2D eigenvalue weighted by Gasteiger charge is 2.32. The molecular weight excluding hydrogens is 302 g/mol. The maximum Gasteiger partial charge on any atom is 0.227 e. The van der Waals surface area contributed by atoms with Crippen LogP contribution in [0.3, 0.4) is 0 Å². The Bertz CT molecular complexity index is 573. The number of benzene rings is 1. The standard InChI is InChI=1S/C19H29N3O2/c1-3-19(4-2,14-20)18(24)21-12-15-7-5-8-16(11-15)13-22-10-6-9-17(22)23/h5,7-8,11H,3-4,6,9-10,12-14,20H2,1-2H3,(H,21,24). The average Bonchev–Trinajstić information content (AvgIpc) is 3.00. The van der Waals surface area contributed by atoms with Crippen molar-refractivity contribution in [2.75, 3.05) is 13.1 Å². The van der Waals surface area contributed by atoms with Gasteiger partial charge in [-0.1, -0.05) is 38.1 Å². The topological polar surface area (TPSA) is 75.4 Å². The molecule has 0 bridgehead atoms. The number of hydrogen-bond donors (Lipinski definition) is 2. The molecule has 2 amide bonds. The summed E-state index contributed by atoms with van der Waals surface area (Å²) in [4.78, 5) is 26.1. The lowest BCUT2D eigenvalue weighted by atomic mass is 9.81. The van der Waals surface area contributed by atoms with E-state index in [2.05, 4.69) is 11.4 Å². The molecule has 0 aromatic heterocycles. The second-order valence-electron chi connectivity index (χ2n) is 6.61. The van der Waals surface area contributed by atoms with E-state index in [9.17, 15) is 9.59 Å². The lowest BCUT2D eigenvalue weighted by Gasteiger charge is -2.28. The zero-order chi connectivity index (χ0) is 17.6. The van der Waals surface area contributed by atoms with Gasteiger partial charge >= 0.3 is 0 Å². The predicted molar refractivity (Wildman–Crippen MR) is 95.0 cm³/mol. The Kier molecular flexibility index (Phi) is 6.37. The van der Waals surface area contributed by atoms with Crippen LogP contribution in [0.4, 0.5) is 0 Å². The Balaban J connectivity index is 1.97. The first-order chi connectivity index (χ1) is 11.5. The Labute approximate surface area is 144 Å². The molecule has 5 nitrogen and oxygen atoms in total. The van der Waals surface area contributed by atoms with Gasteiger partial charge in [0, 0.05) is 32.6 Å². The molecule has 0 saturated carbocycles. The summed E-state index contributed by atoms with van der Waals surface area (Å²) in [6.45, 7) is 6.35. The minimum atomic E-state index is -0.473. The van der Waals surface area contributed by atoms with Crippen molar-refractivity contribution >= 4 is 11.8 Å². The van der Waals surface area contributed by atoms with Crippen LogP contribution in [0.5, 0.6) is 0 Å². The normalized spacial score (nSPS) is 15.0. The minimum absolute atomic E-state index is 0.0233. The minimum Gasteiger partial charge on any atom is -0.352 e. The fourth-order valence-corrected chi connectivity index (χ4v) is 3.25. The first kappa shape index (κ1) is 18.5. The molecule has 0 radical (unpaired) electrons. The van der Waals surface area contributed by atoms with Gasteiger partial charge in [-0.05, 0) is 30.4 Å². The average molecular weight is 331 g/mol. The molecule has 1 heterocycles. The fourth-order valence-electron chi connectivity index (χ4n) is 3.25. The zero-order valence-electron chi connectivity index (χ0n) is 14.8. The summed E-state index contributed by atoms with van der Waals surface area (Å²) in [6.07, 6.45) is 3.08. The van der Waals surface area contributed by atoms with Gasteiger partial charge in [-0.3, -0.25) is 9.59 Å². The zero-order valence-corrected chi connectivity index (χ0v) is 14.8. The molecule has 5 heteroatoms. The molecule has 1 aliphatic heterocycles. The predicted octanol–water partition coefficient (Wildman–Crippen LogP) is 2.19. The van der Waals surface area contributed by atoms with E-state index < -0.39 is 5.41 Å². The van der Waals surface area contributed by atoms with Crippen molar-refractivity contribution < 1.29 is 9.59 Å². The molecule has 3 N–H and O–H groups in total. The van der Waals surface area contributed by atoms with Gasteiger partial charge in [0.2, 0.25) is 11.8 Å². The number of likely N-dealkylation sites (tertiary alicyclic amines) is 1. The van der Waals surface area contributed by atoms with Crippen LogP contribution in [-0.4, -0.2) is 29.8 Å². The van der Waals surface area contributed by atoms with E-state index in [0.29, 0.717) is 26.1 Å². The number of nitrogens with zero attached hydrogens (tertiary/aromatic N) is 1. The number of rotatable bonds is 8. The second kappa shape index (κ2) is 8.29. The summed E-state index contributed by atoms with van der Waals surface area (Å²) >= 11 is 0. The molecule has 132 valence electrons. The van der Waals surface area contributed by atoms with E-state index in [1.165, 1.54) is 0 Å². The van der Waals surface area contributed by atoms with Gasteiger partial charge in [0.05, 0.1) is 5.41 Å². The third kappa shape index (κ3) is 4.15. The van der Waals surface area contributed by atoms with Crippen molar-refractivity contribution in [1.82, 2.24) is 10.2 Å². The van der Waals surface area contributed by atoms with E-state index in [1.807, 2.05) is 36.9 Å². The Hall–Kier alpha value is -1.88. The number of nitrogens with two attached hydrogens (primary N) is 1. The summed E-state index contributed by atoms with van der Waals surface area (Å²) < 4.78 is 0. The Morgan fingerprint density at radius 1 is 1.29 bits per heavy atom. The van der Waals surface area contributed by atoms with Crippen molar-refractivity contribution in [3.63, 3.8) is 0 Å².